The molecule has 1 N–H and O–H groups in total. The van der Waals surface area contributed by atoms with Gasteiger partial charge in [0.1, 0.15) is 23.7 Å². The predicted octanol–water partition coefficient (Wildman–Crippen LogP) is 3.74. The van der Waals surface area contributed by atoms with Crippen LogP contribution in [-0.2, 0) is 18.3 Å². The lowest BCUT2D eigenvalue weighted by atomic mass is 9.92. The second kappa shape index (κ2) is 9.12. The average Bonchev–Trinajstić information content (AvgIpc) is 3.25. The summed E-state index contributed by atoms with van der Waals surface area (Å²) in [7, 11) is 1.59. The summed E-state index contributed by atoms with van der Waals surface area (Å²) < 4.78 is 13.3. The molecule has 2 aromatic carbocycles. The van der Waals surface area contributed by atoms with E-state index in [2.05, 4.69) is 0 Å². The normalized spacial score (nSPS) is 13.5. The van der Waals surface area contributed by atoms with Crippen molar-refractivity contribution in [2.24, 2.45) is 7.05 Å². The summed E-state index contributed by atoms with van der Waals surface area (Å²) in [4.78, 5) is 27.4. The van der Waals surface area contributed by atoms with Crippen molar-refractivity contribution in [1.82, 2.24) is 4.57 Å². The van der Waals surface area contributed by atoms with E-state index < -0.39 is 11.6 Å². The van der Waals surface area contributed by atoms with Crippen molar-refractivity contribution in [2.75, 3.05) is 24.6 Å². The lowest BCUT2D eigenvalue weighted by molar-refractivity contribution is -0.461. The lowest BCUT2D eigenvalue weighted by Crippen LogP contribution is -2.50. The number of hydrogen-bond donors (Lipinski definition) is 1. The van der Waals surface area contributed by atoms with E-state index in [1.165, 1.54) is 4.57 Å². The summed E-state index contributed by atoms with van der Waals surface area (Å²) in [5.74, 6) is 0.0561. The third-order valence-electron chi connectivity index (χ3n) is 6.73. The smallest absolute Gasteiger partial charge is 0.309 e. The van der Waals surface area contributed by atoms with Crippen LogP contribution in [0, 0.1) is 6.92 Å². The van der Waals surface area contributed by atoms with E-state index in [-0.39, 0.29) is 12.0 Å². The third-order valence-corrected chi connectivity index (χ3v) is 6.73. The van der Waals surface area contributed by atoms with Gasteiger partial charge in [-0.15, -0.1) is 5.60 Å². The Labute approximate surface area is 214 Å². The minimum Gasteiger partial charge on any atom is -0.849 e. The maximum Gasteiger partial charge on any atom is 0.309 e. The maximum absolute atomic E-state index is 13.5. The van der Waals surface area contributed by atoms with E-state index >= 15 is 0 Å². The van der Waals surface area contributed by atoms with Crippen LogP contribution in [0.25, 0.3) is 33.4 Å². The Morgan fingerprint density at radius 1 is 1.14 bits per heavy atom. The highest BCUT2D eigenvalue weighted by Gasteiger charge is 2.26. The highest BCUT2D eigenvalue weighted by Crippen LogP contribution is 2.40. The van der Waals surface area contributed by atoms with Gasteiger partial charge in [-0.1, -0.05) is 38.1 Å². The van der Waals surface area contributed by atoms with Crippen molar-refractivity contribution in [3.8, 4) is 28.2 Å². The van der Waals surface area contributed by atoms with Crippen LogP contribution in [0.4, 0.5) is 5.69 Å². The van der Waals surface area contributed by atoms with Crippen LogP contribution in [0.2, 0.25) is 0 Å². The molecule has 1 aliphatic heterocycles. The van der Waals surface area contributed by atoms with Crippen molar-refractivity contribution in [3.63, 3.8) is 0 Å². The summed E-state index contributed by atoms with van der Waals surface area (Å²) >= 11 is 0. The Morgan fingerprint density at radius 2 is 1.89 bits per heavy atom. The Hall–Kier alpha value is -4.04. The van der Waals surface area contributed by atoms with Gasteiger partial charge in [0.05, 0.1) is 24.2 Å². The number of benzene rings is 2. The molecule has 192 valence electrons. The van der Waals surface area contributed by atoms with Gasteiger partial charge < -0.3 is 28.8 Å². The highest BCUT2D eigenvalue weighted by molar-refractivity contribution is 5.87. The molecular formula is C29H29N2O6-. The number of aliphatic carboxylic acids is 1. The Bertz CT molecular complexity index is 1540. The number of carboxylic acids is 1. The molecule has 0 unspecified atom stereocenters. The number of anilines is 1. The van der Waals surface area contributed by atoms with Crippen LogP contribution in [0.5, 0.6) is 5.75 Å². The first-order valence-corrected chi connectivity index (χ1v) is 12.2. The molecule has 8 heteroatoms. The summed E-state index contributed by atoms with van der Waals surface area (Å²) in [6.07, 6.45) is -0.326. The minimum atomic E-state index is -1.17. The van der Waals surface area contributed by atoms with Gasteiger partial charge in [-0.05, 0) is 42.3 Å². The summed E-state index contributed by atoms with van der Waals surface area (Å²) in [6, 6.07) is 15.0. The molecule has 1 aliphatic rings. The quantitative estimate of drug-likeness (QED) is 0.429. The maximum atomic E-state index is 13.5. The number of fused-ring (bicyclic) bond motifs is 2. The standard InChI is InChI=1S/C29H29N2O6/c1-17-26(19-9-10-23-20(13-19)31(11-12-36-23)16-29(2,3)35)21(15-25(32)33)30(4)28(34)27(17)24-14-18-7-5-6-8-22(18)37-24/h5-10,13-14H,11-12,15-16H2,1-4H3,(H,32,33)/q-1. The zero-order valence-corrected chi connectivity index (χ0v) is 21.3. The number of pyridine rings is 1. The van der Waals surface area contributed by atoms with E-state index in [0.717, 1.165) is 16.6 Å². The second-order valence-electron chi connectivity index (χ2n) is 10.1. The van der Waals surface area contributed by atoms with Gasteiger partial charge >= 0.3 is 5.97 Å². The molecule has 0 aliphatic carbocycles. The van der Waals surface area contributed by atoms with Gasteiger partial charge in [0.15, 0.2) is 0 Å². The van der Waals surface area contributed by atoms with Crippen molar-refractivity contribution >= 4 is 22.6 Å². The molecule has 2 aromatic heterocycles. The molecule has 37 heavy (non-hydrogen) atoms. The predicted molar refractivity (Wildman–Crippen MR) is 140 cm³/mol. The number of hydrogen-bond acceptors (Lipinski definition) is 6. The van der Waals surface area contributed by atoms with Crippen molar-refractivity contribution in [1.29, 1.82) is 0 Å². The fourth-order valence-electron chi connectivity index (χ4n) is 5.14. The zero-order chi connectivity index (χ0) is 26.5. The van der Waals surface area contributed by atoms with E-state index in [9.17, 15) is 19.8 Å². The summed E-state index contributed by atoms with van der Waals surface area (Å²) in [5, 5.41) is 23.1. The molecule has 4 aromatic rings. The molecule has 5 rings (SSSR count). The zero-order valence-electron chi connectivity index (χ0n) is 21.3. The number of rotatable bonds is 6. The van der Waals surface area contributed by atoms with Gasteiger partial charge in [-0.3, -0.25) is 9.59 Å². The van der Waals surface area contributed by atoms with Crippen LogP contribution < -0.4 is 20.3 Å². The van der Waals surface area contributed by atoms with Crippen LogP contribution in [-0.4, -0.2) is 40.9 Å². The van der Waals surface area contributed by atoms with Gasteiger partial charge in [-0.2, -0.15) is 0 Å². The fraction of sp³-hybridized carbons (Fsp3) is 0.310. The number of ether oxygens (including phenoxy) is 1. The first-order chi connectivity index (χ1) is 17.5. The SMILES string of the molecule is Cc1c(-c2ccc3c(c2)N(CC(C)(C)[O-])CCO3)c(CC(=O)O)n(C)c(=O)c1-c1cc2ccccc2o1. The van der Waals surface area contributed by atoms with Gasteiger partial charge in [0.25, 0.3) is 5.56 Å². The molecule has 0 atom stereocenters. The fourth-order valence-corrected chi connectivity index (χ4v) is 5.14. The van der Waals surface area contributed by atoms with E-state index in [1.54, 1.807) is 20.9 Å². The molecule has 0 radical (unpaired) electrons. The second-order valence-corrected chi connectivity index (χ2v) is 10.1. The Balaban J connectivity index is 1.75. The molecule has 0 amide bonds. The molecule has 0 bridgehead atoms. The topological polar surface area (TPSA) is 108 Å². The van der Waals surface area contributed by atoms with Crippen LogP contribution in [0.3, 0.4) is 0 Å². The molecule has 3 heterocycles. The summed E-state index contributed by atoms with van der Waals surface area (Å²) in [5.41, 5.74) is 2.73. The van der Waals surface area contributed by atoms with Crippen LogP contribution in [0.1, 0.15) is 25.1 Å². The molecule has 0 spiro atoms. The third kappa shape index (κ3) is 4.60. The number of para-hydroxylation sites is 1. The monoisotopic (exact) mass is 501 g/mol. The molecule has 0 saturated carbocycles. The number of furan rings is 1. The van der Waals surface area contributed by atoms with E-state index in [4.69, 9.17) is 9.15 Å². The largest absolute Gasteiger partial charge is 0.849 e. The van der Waals surface area contributed by atoms with Crippen LogP contribution in [0.15, 0.2) is 57.7 Å². The van der Waals surface area contributed by atoms with Crippen molar-refractivity contribution in [3.05, 3.63) is 70.1 Å². The first-order valence-electron chi connectivity index (χ1n) is 12.2. The molecular weight excluding hydrogens is 472 g/mol. The van der Waals surface area contributed by atoms with E-state index in [0.29, 0.717) is 59.2 Å². The van der Waals surface area contributed by atoms with Gasteiger partial charge in [0.2, 0.25) is 0 Å². The van der Waals surface area contributed by atoms with Gasteiger partial charge in [-0.25, -0.2) is 0 Å². The molecule has 8 nitrogen and oxygen atoms in total. The molecule has 0 saturated heterocycles. The Morgan fingerprint density at radius 3 is 2.59 bits per heavy atom. The molecule has 0 fully saturated rings. The van der Waals surface area contributed by atoms with Crippen molar-refractivity contribution < 1.29 is 24.2 Å². The minimum absolute atomic E-state index is 0.297. The number of aromatic nitrogens is 1. The van der Waals surface area contributed by atoms with Gasteiger partial charge in [0, 0.05) is 30.2 Å². The van der Waals surface area contributed by atoms with Crippen LogP contribution >= 0.6 is 0 Å². The lowest BCUT2D eigenvalue weighted by Gasteiger charge is -2.41. The number of carbonyl (C=O) groups is 1. The average molecular weight is 502 g/mol. The summed E-state index contributed by atoms with van der Waals surface area (Å²) in [6.45, 7) is 6.45. The number of carboxylic acid groups (broad SMARTS) is 1. The van der Waals surface area contributed by atoms with Crippen molar-refractivity contribution in [2.45, 2.75) is 32.8 Å². The number of nitrogens with zero attached hydrogens (tertiary/aromatic N) is 2. The highest BCUT2D eigenvalue weighted by atomic mass is 16.5. The van der Waals surface area contributed by atoms with E-state index in [1.807, 2.05) is 60.4 Å². The first kappa shape index (κ1) is 24.6. The Kier molecular flexibility index (Phi) is 6.07.